The number of aromatic nitrogens is 3. The Bertz CT molecular complexity index is 584. The highest BCUT2D eigenvalue weighted by Gasteiger charge is 2.02. The third-order valence-electron chi connectivity index (χ3n) is 2.35. The molecule has 0 aliphatic carbocycles. The molecule has 1 aromatic heterocycles. The van der Waals surface area contributed by atoms with E-state index in [4.69, 9.17) is 5.26 Å². The van der Waals surface area contributed by atoms with Gasteiger partial charge in [0, 0.05) is 25.7 Å². The first-order chi connectivity index (χ1) is 8.67. The van der Waals surface area contributed by atoms with Crippen LogP contribution in [0.15, 0.2) is 24.5 Å². The van der Waals surface area contributed by atoms with E-state index in [-0.39, 0.29) is 0 Å². The molecule has 0 aliphatic rings. The molecular formula is C12H12FN5. The standard InChI is InChI=1S/C12H12FN5/c1-18-8-16-12(17-18)2-3-15-11-5-9(7-14)4-10(13)6-11/h4-6,8,15H,2-3H2,1H3. The minimum absolute atomic E-state index is 0.300. The Morgan fingerprint density at radius 1 is 1.44 bits per heavy atom. The van der Waals surface area contributed by atoms with Crippen LogP contribution in [0.5, 0.6) is 0 Å². The molecule has 1 heterocycles. The van der Waals surface area contributed by atoms with Crippen LogP contribution in [0.3, 0.4) is 0 Å². The van der Waals surface area contributed by atoms with Gasteiger partial charge < -0.3 is 5.32 Å². The maximum absolute atomic E-state index is 13.1. The quantitative estimate of drug-likeness (QED) is 0.886. The summed E-state index contributed by atoms with van der Waals surface area (Å²) in [6.45, 7) is 0.582. The van der Waals surface area contributed by atoms with E-state index in [1.807, 2.05) is 6.07 Å². The average Bonchev–Trinajstić information content (AvgIpc) is 2.74. The van der Waals surface area contributed by atoms with Gasteiger partial charge in [0.25, 0.3) is 0 Å². The van der Waals surface area contributed by atoms with Crippen LogP contribution in [0.4, 0.5) is 10.1 Å². The van der Waals surface area contributed by atoms with Gasteiger partial charge in [-0.15, -0.1) is 0 Å². The Morgan fingerprint density at radius 3 is 2.94 bits per heavy atom. The third-order valence-corrected chi connectivity index (χ3v) is 2.35. The fourth-order valence-corrected chi connectivity index (χ4v) is 1.57. The van der Waals surface area contributed by atoms with Crippen LogP contribution in [0.1, 0.15) is 11.4 Å². The first-order valence-electron chi connectivity index (χ1n) is 5.46. The van der Waals surface area contributed by atoms with Gasteiger partial charge in [-0.05, 0) is 18.2 Å². The van der Waals surface area contributed by atoms with Gasteiger partial charge in [-0.25, -0.2) is 9.37 Å². The van der Waals surface area contributed by atoms with Crippen LogP contribution in [-0.2, 0) is 13.5 Å². The summed E-state index contributed by atoms with van der Waals surface area (Å²) in [5.74, 6) is 0.300. The number of aryl methyl sites for hydroxylation is 1. The number of nitriles is 1. The molecule has 0 spiro atoms. The molecule has 0 unspecified atom stereocenters. The highest BCUT2D eigenvalue weighted by atomic mass is 19.1. The van der Waals surface area contributed by atoms with Crippen LogP contribution in [0, 0.1) is 17.1 Å². The van der Waals surface area contributed by atoms with E-state index in [2.05, 4.69) is 15.4 Å². The van der Waals surface area contributed by atoms with Gasteiger partial charge in [0.1, 0.15) is 12.1 Å². The molecule has 1 aromatic carbocycles. The Balaban J connectivity index is 1.94. The van der Waals surface area contributed by atoms with Crippen molar-refractivity contribution in [1.29, 1.82) is 5.26 Å². The molecule has 0 saturated carbocycles. The summed E-state index contributed by atoms with van der Waals surface area (Å²) in [5, 5.41) is 15.9. The van der Waals surface area contributed by atoms with Crippen LogP contribution >= 0.6 is 0 Å². The van der Waals surface area contributed by atoms with Crippen molar-refractivity contribution >= 4 is 5.69 Å². The number of halogens is 1. The van der Waals surface area contributed by atoms with Gasteiger partial charge in [-0.1, -0.05) is 0 Å². The summed E-state index contributed by atoms with van der Waals surface area (Å²) in [4.78, 5) is 4.08. The lowest BCUT2D eigenvalue weighted by Gasteiger charge is -2.05. The molecule has 1 N–H and O–H groups in total. The average molecular weight is 245 g/mol. The van der Waals surface area contributed by atoms with Gasteiger partial charge >= 0.3 is 0 Å². The van der Waals surface area contributed by atoms with Crippen LogP contribution in [-0.4, -0.2) is 21.3 Å². The molecule has 0 aliphatic heterocycles. The van der Waals surface area contributed by atoms with Crippen molar-refractivity contribution in [2.75, 3.05) is 11.9 Å². The molecule has 2 rings (SSSR count). The Kier molecular flexibility index (Phi) is 3.53. The zero-order valence-electron chi connectivity index (χ0n) is 9.89. The first kappa shape index (κ1) is 12.0. The van der Waals surface area contributed by atoms with E-state index in [0.717, 1.165) is 5.82 Å². The molecule has 0 saturated heterocycles. The molecule has 18 heavy (non-hydrogen) atoms. The predicted molar refractivity (Wildman–Crippen MR) is 64.3 cm³/mol. The summed E-state index contributed by atoms with van der Waals surface area (Å²) in [5.41, 5.74) is 0.885. The number of hydrogen-bond donors (Lipinski definition) is 1. The lowest BCUT2D eigenvalue weighted by atomic mass is 10.2. The van der Waals surface area contributed by atoms with Crippen LogP contribution in [0.25, 0.3) is 0 Å². The molecule has 0 bridgehead atoms. The highest BCUT2D eigenvalue weighted by molar-refractivity contribution is 5.49. The van der Waals surface area contributed by atoms with Crippen molar-refractivity contribution in [2.24, 2.45) is 7.05 Å². The van der Waals surface area contributed by atoms with E-state index >= 15 is 0 Å². The molecule has 0 amide bonds. The zero-order chi connectivity index (χ0) is 13.0. The summed E-state index contributed by atoms with van der Waals surface area (Å²) in [6, 6.07) is 6.07. The number of anilines is 1. The molecule has 2 aromatic rings. The van der Waals surface area contributed by atoms with E-state index in [1.165, 1.54) is 12.1 Å². The molecule has 0 atom stereocenters. The second kappa shape index (κ2) is 5.27. The van der Waals surface area contributed by atoms with Gasteiger partial charge in [-0.3, -0.25) is 4.68 Å². The maximum atomic E-state index is 13.1. The zero-order valence-corrected chi connectivity index (χ0v) is 9.89. The smallest absolute Gasteiger partial charge is 0.152 e. The number of nitrogens with zero attached hydrogens (tertiary/aromatic N) is 4. The third kappa shape index (κ3) is 3.04. The monoisotopic (exact) mass is 245 g/mol. The van der Waals surface area contributed by atoms with Crippen molar-refractivity contribution in [1.82, 2.24) is 14.8 Å². The minimum atomic E-state index is -0.424. The van der Waals surface area contributed by atoms with Gasteiger partial charge in [0.2, 0.25) is 0 Å². The molecule has 92 valence electrons. The van der Waals surface area contributed by atoms with Crippen LogP contribution < -0.4 is 5.32 Å². The first-order valence-corrected chi connectivity index (χ1v) is 5.46. The number of rotatable bonds is 4. The maximum Gasteiger partial charge on any atom is 0.152 e. The normalized spacial score (nSPS) is 10.1. The van der Waals surface area contributed by atoms with Crippen molar-refractivity contribution in [3.63, 3.8) is 0 Å². The second-order valence-corrected chi connectivity index (χ2v) is 3.85. The molecule has 0 fully saturated rings. The Hall–Kier alpha value is -2.42. The van der Waals surface area contributed by atoms with E-state index < -0.39 is 5.82 Å². The van der Waals surface area contributed by atoms with Gasteiger partial charge in [-0.2, -0.15) is 10.4 Å². The molecule has 6 heteroatoms. The summed E-state index contributed by atoms with van der Waals surface area (Å²) in [6.07, 6.45) is 2.27. The fraction of sp³-hybridized carbons (Fsp3) is 0.250. The lowest BCUT2D eigenvalue weighted by Crippen LogP contribution is -2.06. The molecular weight excluding hydrogens is 233 g/mol. The molecule has 5 nitrogen and oxygen atoms in total. The van der Waals surface area contributed by atoms with E-state index in [9.17, 15) is 4.39 Å². The topological polar surface area (TPSA) is 66.5 Å². The van der Waals surface area contributed by atoms with Crippen molar-refractivity contribution in [3.8, 4) is 6.07 Å². The molecule has 0 radical (unpaired) electrons. The fourth-order valence-electron chi connectivity index (χ4n) is 1.57. The second-order valence-electron chi connectivity index (χ2n) is 3.85. The van der Waals surface area contributed by atoms with E-state index in [0.29, 0.717) is 24.2 Å². The Morgan fingerprint density at radius 2 is 2.28 bits per heavy atom. The van der Waals surface area contributed by atoms with Crippen molar-refractivity contribution in [3.05, 3.63) is 41.7 Å². The number of benzene rings is 1. The van der Waals surface area contributed by atoms with Gasteiger partial charge in [0.15, 0.2) is 5.82 Å². The highest BCUT2D eigenvalue weighted by Crippen LogP contribution is 2.13. The predicted octanol–water partition coefficient (Wildman–Crippen LogP) is 1.48. The van der Waals surface area contributed by atoms with Crippen LogP contribution in [0.2, 0.25) is 0 Å². The van der Waals surface area contributed by atoms with Crippen molar-refractivity contribution < 1.29 is 4.39 Å². The Labute approximate surface area is 104 Å². The number of nitrogens with one attached hydrogen (secondary N) is 1. The number of hydrogen-bond acceptors (Lipinski definition) is 4. The van der Waals surface area contributed by atoms with E-state index in [1.54, 1.807) is 24.1 Å². The summed E-state index contributed by atoms with van der Waals surface area (Å²) < 4.78 is 14.8. The lowest BCUT2D eigenvalue weighted by molar-refractivity contribution is 0.627. The van der Waals surface area contributed by atoms with Gasteiger partial charge in [0.05, 0.1) is 11.6 Å². The minimum Gasteiger partial charge on any atom is -0.384 e. The SMILES string of the molecule is Cn1cnc(CCNc2cc(F)cc(C#N)c2)n1. The van der Waals surface area contributed by atoms with Crippen molar-refractivity contribution in [2.45, 2.75) is 6.42 Å². The summed E-state index contributed by atoms with van der Waals surface area (Å²) in [7, 11) is 1.80. The largest absolute Gasteiger partial charge is 0.384 e. The summed E-state index contributed by atoms with van der Waals surface area (Å²) >= 11 is 0.